The molecule has 1 aromatic carbocycles. The van der Waals surface area contributed by atoms with Crippen LogP contribution >= 0.6 is 0 Å². The van der Waals surface area contributed by atoms with E-state index in [4.69, 9.17) is 0 Å². The predicted octanol–water partition coefficient (Wildman–Crippen LogP) is 1.49. The molecule has 0 aliphatic carbocycles. The Kier molecular flexibility index (Phi) is 6.77. The van der Waals surface area contributed by atoms with Crippen molar-refractivity contribution in [1.82, 2.24) is 15.4 Å². The average Bonchev–Trinajstić information content (AvgIpc) is 2.55. The minimum Gasteiger partial charge on any atom is -0.352 e. The van der Waals surface area contributed by atoms with E-state index in [1.165, 1.54) is 25.0 Å². The minimum absolute atomic E-state index is 0.111. The first kappa shape index (κ1) is 18.9. The van der Waals surface area contributed by atoms with Crippen molar-refractivity contribution in [2.24, 2.45) is 5.92 Å². The van der Waals surface area contributed by atoms with Crippen molar-refractivity contribution >= 4 is 15.9 Å². The number of hydrogen-bond acceptors (Lipinski definition) is 4. The standard InChI is InChI=1S/C17H27N3O3S/c1-13(2)20-24(22,23)16-7-3-6-15(11-16)17(21)19-10-8-14-5-4-9-18-12-14/h3,6-7,11,13-14,18,20H,4-5,8-10,12H2,1-2H3,(H,19,21). The molecule has 0 spiro atoms. The van der Waals surface area contributed by atoms with Gasteiger partial charge in [0, 0.05) is 18.2 Å². The van der Waals surface area contributed by atoms with Crippen LogP contribution < -0.4 is 15.4 Å². The molecule has 134 valence electrons. The highest BCUT2D eigenvalue weighted by atomic mass is 32.2. The Bertz CT molecular complexity index is 653. The molecule has 0 bridgehead atoms. The van der Waals surface area contributed by atoms with Gasteiger partial charge in [0.1, 0.15) is 0 Å². The molecule has 6 nitrogen and oxygen atoms in total. The van der Waals surface area contributed by atoms with Crippen molar-refractivity contribution in [1.29, 1.82) is 0 Å². The van der Waals surface area contributed by atoms with Crippen molar-refractivity contribution in [2.75, 3.05) is 19.6 Å². The SMILES string of the molecule is CC(C)NS(=O)(=O)c1cccc(C(=O)NCCC2CCCNC2)c1. The Balaban J connectivity index is 1.93. The summed E-state index contributed by atoms with van der Waals surface area (Å²) in [7, 11) is -3.59. The van der Waals surface area contributed by atoms with E-state index >= 15 is 0 Å². The number of benzene rings is 1. The normalized spacial score (nSPS) is 18.5. The summed E-state index contributed by atoms with van der Waals surface area (Å²) in [5, 5.41) is 6.24. The maximum Gasteiger partial charge on any atom is 0.251 e. The van der Waals surface area contributed by atoms with Gasteiger partial charge in [-0.05, 0) is 70.3 Å². The van der Waals surface area contributed by atoms with Crippen LogP contribution in [0, 0.1) is 5.92 Å². The van der Waals surface area contributed by atoms with Crippen molar-refractivity contribution < 1.29 is 13.2 Å². The molecule has 1 saturated heterocycles. The van der Waals surface area contributed by atoms with Crippen LogP contribution in [-0.4, -0.2) is 40.0 Å². The third-order valence-electron chi connectivity index (χ3n) is 4.03. The number of carbonyl (C=O) groups is 1. The number of piperidine rings is 1. The van der Waals surface area contributed by atoms with E-state index in [1.54, 1.807) is 26.0 Å². The second-order valence-corrected chi connectivity index (χ2v) is 8.27. The van der Waals surface area contributed by atoms with E-state index in [-0.39, 0.29) is 16.8 Å². The van der Waals surface area contributed by atoms with E-state index < -0.39 is 10.0 Å². The second-order valence-electron chi connectivity index (χ2n) is 6.56. The number of sulfonamides is 1. The van der Waals surface area contributed by atoms with Gasteiger partial charge in [-0.1, -0.05) is 6.07 Å². The predicted molar refractivity (Wildman–Crippen MR) is 94.4 cm³/mol. The summed E-state index contributed by atoms with van der Waals surface area (Å²) in [6.07, 6.45) is 3.31. The van der Waals surface area contributed by atoms with Crippen LogP contribution in [0.25, 0.3) is 0 Å². The zero-order chi connectivity index (χ0) is 17.6. The molecule has 1 aromatic rings. The molecule has 1 amide bonds. The smallest absolute Gasteiger partial charge is 0.251 e. The molecule has 1 fully saturated rings. The zero-order valence-corrected chi connectivity index (χ0v) is 15.2. The molecule has 1 atom stereocenters. The highest BCUT2D eigenvalue weighted by Gasteiger charge is 2.17. The lowest BCUT2D eigenvalue weighted by Gasteiger charge is -2.22. The largest absolute Gasteiger partial charge is 0.352 e. The fourth-order valence-electron chi connectivity index (χ4n) is 2.85. The van der Waals surface area contributed by atoms with Crippen LogP contribution in [0.2, 0.25) is 0 Å². The second kappa shape index (κ2) is 8.60. The monoisotopic (exact) mass is 353 g/mol. The van der Waals surface area contributed by atoms with Crippen LogP contribution in [0.4, 0.5) is 0 Å². The average molecular weight is 353 g/mol. The first-order valence-corrected chi connectivity index (χ1v) is 9.98. The van der Waals surface area contributed by atoms with Gasteiger partial charge in [-0.15, -0.1) is 0 Å². The highest BCUT2D eigenvalue weighted by Crippen LogP contribution is 2.14. The van der Waals surface area contributed by atoms with E-state index in [2.05, 4.69) is 15.4 Å². The Morgan fingerprint density at radius 1 is 1.38 bits per heavy atom. The number of carbonyl (C=O) groups excluding carboxylic acids is 1. The van der Waals surface area contributed by atoms with Gasteiger partial charge in [0.05, 0.1) is 4.90 Å². The molecule has 0 saturated carbocycles. The molecule has 1 heterocycles. The highest BCUT2D eigenvalue weighted by molar-refractivity contribution is 7.89. The number of nitrogens with one attached hydrogen (secondary N) is 3. The Labute approximate surface area is 144 Å². The molecule has 0 radical (unpaired) electrons. The number of amides is 1. The quantitative estimate of drug-likeness (QED) is 0.693. The molecule has 24 heavy (non-hydrogen) atoms. The van der Waals surface area contributed by atoms with Crippen molar-refractivity contribution in [3.63, 3.8) is 0 Å². The summed E-state index contributed by atoms with van der Waals surface area (Å²) in [5.74, 6) is 0.362. The Morgan fingerprint density at radius 3 is 2.83 bits per heavy atom. The van der Waals surface area contributed by atoms with Crippen molar-refractivity contribution in [3.05, 3.63) is 29.8 Å². The minimum atomic E-state index is -3.59. The molecular weight excluding hydrogens is 326 g/mol. The molecule has 7 heteroatoms. The Morgan fingerprint density at radius 2 is 2.17 bits per heavy atom. The van der Waals surface area contributed by atoms with Crippen LogP contribution in [0.15, 0.2) is 29.2 Å². The van der Waals surface area contributed by atoms with Gasteiger partial charge in [0.2, 0.25) is 10.0 Å². The summed E-state index contributed by atoms with van der Waals surface area (Å²) in [6, 6.07) is 5.94. The fourth-order valence-corrected chi connectivity index (χ4v) is 4.14. The summed E-state index contributed by atoms with van der Waals surface area (Å²) < 4.78 is 26.9. The topological polar surface area (TPSA) is 87.3 Å². The molecule has 2 rings (SSSR count). The lowest BCUT2D eigenvalue weighted by atomic mass is 9.96. The van der Waals surface area contributed by atoms with E-state index in [9.17, 15) is 13.2 Å². The molecule has 3 N–H and O–H groups in total. The van der Waals surface area contributed by atoms with Crippen LogP contribution in [0.5, 0.6) is 0 Å². The number of hydrogen-bond donors (Lipinski definition) is 3. The summed E-state index contributed by atoms with van der Waals surface area (Å²) in [5.41, 5.74) is 0.364. The molecule has 1 aliphatic heterocycles. The lowest BCUT2D eigenvalue weighted by molar-refractivity contribution is 0.0950. The molecule has 1 unspecified atom stereocenters. The van der Waals surface area contributed by atoms with Gasteiger partial charge in [-0.3, -0.25) is 4.79 Å². The van der Waals surface area contributed by atoms with Crippen LogP contribution in [0.1, 0.15) is 43.5 Å². The molecule has 1 aliphatic rings. The zero-order valence-electron chi connectivity index (χ0n) is 14.3. The van der Waals surface area contributed by atoms with Gasteiger partial charge in [0.15, 0.2) is 0 Å². The van der Waals surface area contributed by atoms with Gasteiger partial charge < -0.3 is 10.6 Å². The van der Waals surface area contributed by atoms with Crippen LogP contribution in [0.3, 0.4) is 0 Å². The van der Waals surface area contributed by atoms with E-state index in [0.717, 1.165) is 19.5 Å². The maximum atomic E-state index is 12.2. The van der Waals surface area contributed by atoms with Crippen molar-refractivity contribution in [2.45, 2.75) is 44.0 Å². The lowest BCUT2D eigenvalue weighted by Crippen LogP contribution is -2.33. The van der Waals surface area contributed by atoms with Gasteiger partial charge in [-0.25, -0.2) is 13.1 Å². The van der Waals surface area contributed by atoms with E-state index in [1.807, 2.05) is 0 Å². The summed E-state index contributed by atoms with van der Waals surface area (Å²) in [6.45, 7) is 6.20. The molecule has 0 aromatic heterocycles. The van der Waals surface area contributed by atoms with Crippen molar-refractivity contribution in [3.8, 4) is 0 Å². The first-order chi connectivity index (χ1) is 11.4. The third kappa shape index (κ3) is 5.58. The number of rotatable bonds is 7. The first-order valence-electron chi connectivity index (χ1n) is 8.50. The van der Waals surface area contributed by atoms with Crippen LogP contribution in [-0.2, 0) is 10.0 Å². The summed E-state index contributed by atoms with van der Waals surface area (Å²) in [4.78, 5) is 12.4. The molecular formula is C17H27N3O3S. The third-order valence-corrected chi connectivity index (χ3v) is 5.69. The van der Waals surface area contributed by atoms with E-state index in [0.29, 0.717) is 18.0 Å². The van der Waals surface area contributed by atoms with Gasteiger partial charge in [0.25, 0.3) is 5.91 Å². The summed E-state index contributed by atoms with van der Waals surface area (Å²) >= 11 is 0. The van der Waals surface area contributed by atoms with Gasteiger partial charge in [-0.2, -0.15) is 0 Å². The maximum absolute atomic E-state index is 12.2. The Hall–Kier alpha value is -1.44. The van der Waals surface area contributed by atoms with Gasteiger partial charge >= 0.3 is 0 Å². The fraction of sp³-hybridized carbons (Fsp3) is 0.588.